The third kappa shape index (κ3) is 2.69. The number of nitrogens with zero attached hydrogens (tertiary/aromatic N) is 3. The maximum absolute atomic E-state index is 13.0. The molecule has 2 aliphatic heterocycles. The van der Waals surface area contributed by atoms with Crippen LogP contribution in [0.25, 0.3) is 0 Å². The standard InChI is InChI=1S/C17H21N3O3/c1-18(2)15(21)11-20-13-8-4-3-7-12(13)16(22)19-10-6-5-9-14(19)17(20)23/h3-4,7-8,14H,5-6,9-11H2,1-2H3/t14-/m1/s1. The Labute approximate surface area is 135 Å². The molecule has 0 saturated carbocycles. The molecule has 3 rings (SSSR count). The van der Waals surface area contributed by atoms with Gasteiger partial charge in [-0.05, 0) is 31.4 Å². The summed E-state index contributed by atoms with van der Waals surface area (Å²) < 4.78 is 0. The zero-order valence-electron chi connectivity index (χ0n) is 13.5. The third-order valence-electron chi connectivity index (χ3n) is 4.53. The molecular weight excluding hydrogens is 294 g/mol. The van der Waals surface area contributed by atoms with E-state index in [-0.39, 0.29) is 24.3 Å². The summed E-state index contributed by atoms with van der Waals surface area (Å²) in [6, 6.07) is 6.59. The Kier molecular flexibility index (Phi) is 4.07. The second-order valence-electron chi connectivity index (χ2n) is 6.24. The number of carbonyl (C=O) groups is 3. The van der Waals surface area contributed by atoms with Crippen LogP contribution < -0.4 is 4.90 Å². The molecule has 2 heterocycles. The number of piperidine rings is 1. The molecule has 2 aliphatic rings. The number of likely N-dealkylation sites (N-methyl/N-ethyl adjacent to an activating group) is 1. The number of fused-ring (bicyclic) bond motifs is 2. The Hall–Kier alpha value is -2.37. The molecule has 1 aromatic rings. The van der Waals surface area contributed by atoms with Gasteiger partial charge in [-0.15, -0.1) is 0 Å². The number of carbonyl (C=O) groups excluding carboxylic acids is 3. The van der Waals surface area contributed by atoms with Crippen molar-refractivity contribution in [1.29, 1.82) is 0 Å². The number of amides is 3. The highest BCUT2D eigenvalue weighted by Gasteiger charge is 2.41. The molecule has 6 heteroatoms. The Bertz CT molecular complexity index is 656. The molecule has 1 atom stereocenters. The number of rotatable bonds is 2. The summed E-state index contributed by atoms with van der Waals surface area (Å²) in [5.41, 5.74) is 1.03. The highest BCUT2D eigenvalue weighted by molar-refractivity contribution is 6.12. The number of benzene rings is 1. The van der Waals surface area contributed by atoms with Crippen molar-refractivity contribution in [2.24, 2.45) is 0 Å². The molecule has 0 aliphatic carbocycles. The molecule has 0 spiro atoms. The largest absolute Gasteiger partial charge is 0.347 e. The van der Waals surface area contributed by atoms with Crippen molar-refractivity contribution < 1.29 is 14.4 Å². The first-order valence-electron chi connectivity index (χ1n) is 7.92. The highest BCUT2D eigenvalue weighted by Crippen LogP contribution is 2.31. The smallest absolute Gasteiger partial charge is 0.256 e. The van der Waals surface area contributed by atoms with Gasteiger partial charge in [0.15, 0.2) is 0 Å². The lowest BCUT2D eigenvalue weighted by Crippen LogP contribution is -2.52. The predicted octanol–water partition coefficient (Wildman–Crippen LogP) is 1.12. The minimum absolute atomic E-state index is 0.0412. The van der Waals surface area contributed by atoms with E-state index in [9.17, 15) is 14.4 Å². The number of anilines is 1. The molecule has 1 fully saturated rings. The molecule has 6 nitrogen and oxygen atoms in total. The second kappa shape index (κ2) is 6.02. The fraction of sp³-hybridized carbons (Fsp3) is 0.471. The maximum Gasteiger partial charge on any atom is 0.256 e. The van der Waals surface area contributed by atoms with Crippen molar-refractivity contribution in [3.05, 3.63) is 29.8 Å². The quantitative estimate of drug-likeness (QED) is 0.821. The van der Waals surface area contributed by atoms with Crippen LogP contribution in [0.5, 0.6) is 0 Å². The average molecular weight is 315 g/mol. The monoisotopic (exact) mass is 315 g/mol. The fourth-order valence-corrected chi connectivity index (χ4v) is 3.21. The third-order valence-corrected chi connectivity index (χ3v) is 4.53. The summed E-state index contributed by atoms with van der Waals surface area (Å²) in [6.07, 6.45) is 2.49. The van der Waals surface area contributed by atoms with E-state index >= 15 is 0 Å². The lowest BCUT2D eigenvalue weighted by molar-refractivity contribution is -0.130. The molecule has 23 heavy (non-hydrogen) atoms. The van der Waals surface area contributed by atoms with Crippen LogP contribution in [-0.2, 0) is 9.59 Å². The van der Waals surface area contributed by atoms with Gasteiger partial charge in [0.05, 0.1) is 11.3 Å². The van der Waals surface area contributed by atoms with Crippen LogP contribution in [0.1, 0.15) is 29.6 Å². The maximum atomic E-state index is 13.0. The zero-order valence-corrected chi connectivity index (χ0v) is 13.5. The summed E-state index contributed by atoms with van der Waals surface area (Å²) in [6.45, 7) is 0.555. The molecule has 3 amide bonds. The normalized spacial score (nSPS) is 20.7. The van der Waals surface area contributed by atoms with Crippen molar-refractivity contribution in [1.82, 2.24) is 9.80 Å². The zero-order chi connectivity index (χ0) is 16.6. The minimum atomic E-state index is -0.460. The first kappa shape index (κ1) is 15.5. The van der Waals surface area contributed by atoms with Crippen molar-refractivity contribution in [3.63, 3.8) is 0 Å². The van der Waals surface area contributed by atoms with E-state index in [4.69, 9.17) is 0 Å². The molecule has 0 unspecified atom stereocenters. The molecule has 0 aromatic heterocycles. The molecule has 1 aromatic carbocycles. The molecule has 0 N–H and O–H groups in total. The van der Waals surface area contributed by atoms with E-state index in [1.54, 1.807) is 43.3 Å². The van der Waals surface area contributed by atoms with Gasteiger partial charge >= 0.3 is 0 Å². The van der Waals surface area contributed by atoms with E-state index < -0.39 is 6.04 Å². The molecule has 0 radical (unpaired) electrons. The topological polar surface area (TPSA) is 60.9 Å². The summed E-state index contributed by atoms with van der Waals surface area (Å²) in [5.74, 6) is -0.429. The Morgan fingerprint density at radius 2 is 1.96 bits per heavy atom. The summed E-state index contributed by atoms with van der Waals surface area (Å²) in [4.78, 5) is 42.6. The number of para-hydroxylation sites is 1. The van der Waals surface area contributed by atoms with Gasteiger partial charge in [-0.2, -0.15) is 0 Å². The lowest BCUT2D eigenvalue weighted by Gasteiger charge is -2.34. The van der Waals surface area contributed by atoms with Crippen molar-refractivity contribution in [3.8, 4) is 0 Å². The van der Waals surface area contributed by atoms with Gasteiger partial charge < -0.3 is 14.7 Å². The molecular formula is C17H21N3O3. The predicted molar refractivity (Wildman–Crippen MR) is 86.2 cm³/mol. The lowest BCUT2D eigenvalue weighted by atomic mass is 10.0. The first-order chi connectivity index (χ1) is 11.0. The van der Waals surface area contributed by atoms with E-state index in [1.165, 1.54) is 9.80 Å². The van der Waals surface area contributed by atoms with Crippen LogP contribution in [0, 0.1) is 0 Å². The summed E-state index contributed by atoms with van der Waals surface area (Å²) in [5, 5.41) is 0. The summed E-state index contributed by atoms with van der Waals surface area (Å²) >= 11 is 0. The Morgan fingerprint density at radius 3 is 2.70 bits per heavy atom. The van der Waals surface area contributed by atoms with Gasteiger partial charge in [-0.3, -0.25) is 14.4 Å². The SMILES string of the molecule is CN(C)C(=O)CN1C(=O)[C@H]2CCCCN2C(=O)c2ccccc21. The van der Waals surface area contributed by atoms with Crippen molar-refractivity contribution in [2.45, 2.75) is 25.3 Å². The van der Waals surface area contributed by atoms with Crippen LogP contribution in [0.4, 0.5) is 5.69 Å². The van der Waals surface area contributed by atoms with Gasteiger partial charge in [0.25, 0.3) is 5.91 Å². The first-order valence-corrected chi connectivity index (χ1v) is 7.92. The van der Waals surface area contributed by atoms with E-state index in [0.717, 1.165) is 12.8 Å². The van der Waals surface area contributed by atoms with E-state index in [1.807, 2.05) is 0 Å². The van der Waals surface area contributed by atoms with Gasteiger partial charge in [-0.25, -0.2) is 0 Å². The minimum Gasteiger partial charge on any atom is -0.347 e. The van der Waals surface area contributed by atoms with Gasteiger partial charge in [0, 0.05) is 20.6 Å². The van der Waals surface area contributed by atoms with E-state index in [0.29, 0.717) is 24.2 Å². The van der Waals surface area contributed by atoms with Gasteiger partial charge in [0.2, 0.25) is 11.8 Å². The van der Waals surface area contributed by atoms with Crippen LogP contribution >= 0.6 is 0 Å². The second-order valence-corrected chi connectivity index (χ2v) is 6.24. The number of hydrogen-bond donors (Lipinski definition) is 0. The highest BCUT2D eigenvalue weighted by atomic mass is 16.2. The van der Waals surface area contributed by atoms with Gasteiger partial charge in [0.1, 0.15) is 12.6 Å². The van der Waals surface area contributed by atoms with Crippen molar-refractivity contribution >= 4 is 23.4 Å². The van der Waals surface area contributed by atoms with E-state index in [2.05, 4.69) is 0 Å². The average Bonchev–Trinajstić information content (AvgIpc) is 2.65. The van der Waals surface area contributed by atoms with Crippen molar-refractivity contribution in [2.75, 3.05) is 32.1 Å². The summed E-state index contributed by atoms with van der Waals surface area (Å²) in [7, 11) is 3.32. The van der Waals surface area contributed by atoms with Crippen LogP contribution in [0.3, 0.4) is 0 Å². The van der Waals surface area contributed by atoms with Crippen LogP contribution in [0.15, 0.2) is 24.3 Å². The molecule has 122 valence electrons. The Balaban J connectivity index is 2.06. The molecule has 1 saturated heterocycles. The van der Waals surface area contributed by atoms with Crippen LogP contribution in [0.2, 0.25) is 0 Å². The Morgan fingerprint density at radius 1 is 1.22 bits per heavy atom. The molecule has 0 bridgehead atoms. The van der Waals surface area contributed by atoms with Gasteiger partial charge in [-0.1, -0.05) is 12.1 Å². The van der Waals surface area contributed by atoms with Crippen LogP contribution in [-0.4, -0.2) is 60.7 Å². The fourth-order valence-electron chi connectivity index (χ4n) is 3.21. The number of hydrogen-bond acceptors (Lipinski definition) is 3.